The highest BCUT2D eigenvalue weighted by Crippen LogP contribution is 2.32. The molecule has 1 heterocycles. The predicted molar refractivity (Wildman–Crippen MR) is 136 cm³/mol. The van der Waals surface area contributed by atoms with Gasteiger partial charge in [-0.1, -0.05) is 103 Å². The average Bonchev–Trinajstić information content (AvgIpc) is 2.97. The zero-order valence-corrected chi connectivity index (χ0v) is 17.8. The minimum Gasteiger partial charge on any atom is -0.208 e. The van der Waals surface area contributed by atoms with Crippen LogP contribution in [0.4, 0.5) is 0 Å². The van der Waals surface area contributed by atoms with Crippen LogP contribution >= 0.6 is 11.6 Å². The van der Waals surface area contributed by atoms with Gasteiger partial charge in [-0.25, -0.2) is 4.98 Å². The van der Waals surface area contributed by atoms with Crippen LogP contribution < -0.4 is 0 Å². The number of hydrogen-bond acceptors (Lipinski definition) is 3. The first kappa shape index (κ1) is 13.5. The van der Waals surface area contributed by atoms with E-state index in [4.69, 9.17) is 21.2 Å². The van der Waals surface area contributed by atoms with Gasteiger partial charge in [0.1, 0.15) is 0 Å². The highest BCUT2D eigenvalue weighted by Gasteiger charge is 2.13. The second-order valence-electron chi connectivity index (χ2n) is 7.36. The van der Waals surface area contributed by atoms with Crippen molar-refractivity contribution in [1.82, 2.24) is 15.0 Å². The first-order chi connectivity index (χ1) is 19.2. The maximum atomic E-state index is 8.61. The predicted octanol–water partition coefficient (Wildman–Crippen LogP) is 7.83. The van der Waals surface area contributed by atoms with E-state index in [1.54, 1.807) is 6.07 Å². The van der Waals surface area contributed by atoms with Crippen LogP contribution in [-0.2, 0) is 0 Å². The number of aromatic nitrogens is 3. The topological polar surface area (TPSA) is 38.7 Å². The van der Waals surface area contributed by atoms with Gasteiger partial charge in [-0.3, -0.25) is 0 Å². The maximum Gasteiger partial charge on any atom is 0.226 e. The highest BCUT2D eigenvalue weighted by atomic mass is 35.5. The Labute approximate surface area is 206 Å². The normalized spacial score (nSPS) is 14.2. The summed E-state index contributed by atoms with van der Waals surface area (Å²) < 4.78 is 58.3. The summed E-state index contributed by atoms with van der Waals surface area (Å²) in [6, 6.07) is 18.2. The molecule has 0 spiro atoms. The minimum absolute atomic E-state index is 0.112. The zero-order chi connectivity index (χ0) is 28.3. The van der Waals surface area contributed by atoms with Crippen molar-refractivity contribution in [3.8, 4) is 33.9 Å². The summed E-state index contributed by atoms with van der Waals surface area (Å²) in [4.78, 5) is 13.0. The van der Waals surface area contributed by atoms with Crippen LogP contribution in [-0.4, -0.2) is 15.0 Å². The van der Waals surface area contributed by atoms with Crippen molar-refractivity contribution in [2.75, 3.05) is 0 Å². The number of benzene rings is 5. The molecule has 3 nitrogen and oxygen atoms in total. The first-order valence-electron chi connectivity index (χ1n) is 13.7. The van der Waals surface area contributed by atoms with Gasteiger partial charge in [0.25, 0.3) is 0 Å². The molecule has 0 aliphatic heterocycles. The zero-order valence-electron chi connectivity index (χ0n) is 24.1. The summed E-state index contributed by atoms with van der Waals surface area (Å²) in [5, 5.41) is 1.69. The van der Waals surface area contributed by atoms with E-state index in [2.05, 4.69) is 15.0 Å². The molecule has 0 bridgehead atoms. The standard InChI is InChI=1S/C29H18ClN3/c30-29-32-27(31-28(33-29)26-17-7-11-20-9-2-4-15-24(20)26)22-13-5-12-21(18-22)25-16-6-10-19-8-1-3-14-23(19)25/h1-18H/i2D,4D,7D,9D,11D,15D,17D. The number of hydrogen-bond donors (Lipinski definition) is 0. The van der Waals surface area contributed by atoms with E-state index < -0.39 is 42.3 Å². The molecule has 6 aromatic rings. The molecule has 4 heteroatoms. The number of nitrogens with zero attached hydrogens (tertiary/aromatic N) is 3. The van der Waals surface area contributed by atoms with Crippen molar-refractivity contribution in [1.29, 1.82) is 0 Å². The smallest absolute Gasteiger partial charge is 0.208 e. The molecule has 156 valence electrons. The van der Waals surface area contributed by atoms with E-state index in [1.165, 1.54) is 0 Å². The summed E-state index contributed by atoms with van der Waals surface area (Å²) in [7, 11) is 0. The van der Waals surface area contributed by atoms with Gasteiger partial charge >= 0.3 is 0 Å². The number of rotatable bonds is 3. The Morgan fingerprint density at radius 1 is 0.576 bits per heavy atom. The summed E-state index contributed by atoms with van der Waals surface area (Å²) in [6.07, 6.45) is 0. The van der Waals surface area contributed by atoms with Crippen molar-refractivity contribution in [3.63, 3.8) is 0 Å². The molecule has 1 aromatic heterocycles. The number of halogens is 1. The van der Waals surface area contributed by atoms with Crippen molar-refractivity contribution >= 4 is 33.1 Å². The molecular formula is C29H18ClN3. The molecule has 5 aromatic carbocycles. The molecule has 6 rings (SSSR count). The van der Waals surface area contributed by atoms with Gasteiger partial charge in [0.05, 0.1) is 9.60 Å². The second kappa shape index (κ2) is 8.12. The molecule has 0 amide bonds. The van der Waals surface area contributed by atoms with Crippen LogP contribution in [0.2, 0.25) is 5.28 Å². The van der Waals surface area contributed by atoms with Gasteiger partial charge in [0.2, 0.25) is 5.28 Å². The Hall–Kier alpha value is -4.08. The lowest BCUT2D eigenvalue weighted by Crippen LogP contribution is -1.98. The van der Waals surface area contributed by atoms with E-state index in [1.807, 2.05) is 60.7 Å². The van der Waals surface area contributed by atoms with Crippen LogP contribution in [0.15, 0.2) is 109 Å². The molecule has 0 aliphatic carbocycles. The lowest BCUT2D eigenvalue weighted by molar-refractivity contribution is 1.07. The van der Waals surface area contributed by atoms with Crippen LogP contribution in [0, 0.1) is 0 Å². The van der Waals surface area contributed by atoms with Gasteiger partial charge in [-0.15, -0.1) is 0 Å². The Balaban J connectivity index is 1.59. The Morgan fingerprint density at radius 2 is 1.33 bits per heavy atom. The van der Waals surface area contributed by atoms with Crippen molar-refractivity contribution in [3.05, 3.63) is 114 Å². The van der Waals surface area contributed by atoms with E-state index in [-0.39, 0.29) is 33.3 Å². The maximum absolute atomic E-state index is 8.61. The fourth-order valence-electron chi connectivity index (χ4n) is 3.87. The largest absolute Gasteiger partial charge is 0.226 e. The molecule has 0 radical (unpaired) electrons. The van der Waals surface area contributed by atoms with Gasteiger partial charge in [-0.05, 0) is 50.3 Å². The van der Waals surface area contributed by atoms with Crippen molar-refractivity contribution in [2.45, 2.75) is 0 Å². The molecule has 0 atom stereocenters. The van der Waals surface area contributed by atoms with Crippen LogP contribution in [0.1, 0.15) is 9.60 Å². The molecule has 0 unspecified atom stereocenters. The molecular weight excluding hydrogens is 426 g/mol. The second-order valence-corrected chi connectivity index (χ2v) is 7.70. The highest BCUT2D eigenvalue weighted by molar-refractivity contribution is 6.28. The van der Waals surface area contributed by atoms with Gasteiger partial charge in [0, 0.05) is 11.1 Å². The van der Waals surface area contributed by atoms with E-state index in [0.29, 0.717) is 5.56 Å². The van der Waals surface area contributed by atoms with Gasteiger partial charge < -0.3 is 0 Å². The third-order valence-electron chi connectivity index (χ3n) is 5.37. The monoisotopic (exact) mass is 450 g/mol. The quantitative estimate of drug-likeness (QED) is 0.275. The molecule has 0 saturated carbocycles. The van der Waals surface area contributed by atoms with Crippen LogP contribution in [0.25, 0.3) is 55.4 Å². The van der Waals surface area contributed by atoms with E-state index >= 15 is 0 Å². The van der Waals surface area contributed by atoms with E-state index in [0.717, 1.165) is 21.9 Å². The summed E-state index contributed by atoms with van der Waals surface area (Å²) in [6.45, 7) is 0. The summed E-state index contributed by atoms with van der Waals surface area (Å²) in [5.41, 5.74) is 2.43. The summed E-state index contributed by atoms with van der Waals surface area (Å²) >= 11 is 6.33. The minimum atomic E-state index is -0.534. The first-order valence-corrected chi connectivity index (χ1v) is 10.6. The van der Waals surface area contributed by atoms with Crippen molar-refractivity contribution in [2.24, 2.45) is 0 Å². The SMILES string of the molecule is [2H]c1c([2H])c([2H])c2c(-c3nc(Cl)nc(-c4cccc(-c5cccc6ccccc56)c4)n3)c([2H])c([2H])c([2H])c2c1[2H]. The van der Waals surface area contributed by atoms with Gasteiger partial charge in [-0.2, -0.15) is 9.97 Å². The number of fused-ring (bicyclic) bond motifs is 2. The Kier molecular flexibility index (Phi) is 3.31. The molecule has 0 fully saturated rings. The summed E-state index contributed by atoms with van der Waals surface area (Å²) in [5.74, 6) is 0.0612. The van der Waals surface area contributed by atoms with Crippen LogP contribution in [0.3, 0.4) is 0 Å². The fourth-order valence-corrected chi connectivity index (χ4v) is 4.03. The lowest BCUT2D eigenvalue weighted by Gasteiger charge is -2.10. The Morgan fingerprint density at radius 3 is 2.30 bits per heavy atom. The lowest BCUT2D eigenvalue weighted by atomic mass is 9.97. The van der Waals surface area contributed by atoms with Crippen LogP contribution in [0.5, 0.6) is 0 Å². The third kappa shape index (κ3) is 3.63. The van der Waals surface area contributed by atoms with E-state index in [9.17, 15) is 0 Å². The molecule has 0 N–H and O–H groups in total. The molecule has 33 heavy (non-hydrogen) atoms. The fraction of sp³-hybridized carbons (Fsp3) is 0. The third-order valence-corrected chi connectivity index (χ3v) is 5.53. The average molecular weight is 451 g/mol. The molecule has 0 saturated heterocycles. The van der Waals surface area contributed by atoms with Gasteiger partial charge in [0.15, 0.2) is 11.6 Å². The Bertz CT molecular complexity index is 2000. The molecule has 0 aliphatic rings. The van der Waals surface area contributed by atoms with Crippen molar-refractivity contribution < 1.29 is 9.60 Å².